The molecule has 0 spiro atoms. The second-order valence-electron chi connectivity index (χ2n) is 9.36. The maximum absolute atomic E-state index is 11.7. The predicted octanol–water partition coefficient (Wildman–Crippen LogP) is 5.17. The quantitative estimate of drug-likeness (QED) is 0.262. The average Bonchev–Trinajstić information content (AvgIpc) is 3.37. The molecular formula is C27H21Cl3KNO6S4. The van der Waals surface area contributed by atoms with E-state index < -0.39 is 31.9 Å². The number of thioether (sulfide) groups is 1. The van der Waals surface area contributed by atoms with Crippen LogP contribution in [0.25, 0.3) is 16.2 Å². The molecule has 0 radical (unpaired) electrons. The minimum absolute atomic E-state index is 0. The van der Waals surface area contributed by atoms with Gasteiger partial charge in [-0.3, -0.25) is 4.55 Å². The number of halogens is 3. The summed E-state index contributed by atoms with van der Waals surface area (Å²) in [5, 5.41) is 2.64. The van der Waals surface area contributed by atoms with Gasteiger partial charge in [0.25, 0.3) is 10.1 Å². The molecule has 1 aliphatic carbocycles. The standard InChI is InChI=1S/C27H22Cl3NO6S4.K/c28-18-6-9-23-20(12-18)21(14-40(32,33)34)24(38-23)8-4-16-2-1-3-17(27(16)30)5-11-26-31(15-41(35,36)37)22-13-19(29)7-10-25(22)39-26;/h4-13H,1-3,14-15H2,(H,32,33,34)(H,35,36,37);/q;+1/p-1/b8-4?,17-5+,26-11?;. The van der Waals surface area contributed by atoms with Crippen molar-refractivity contribution in [1.29, 1.82) is 0 Å². The zero-order chi connectivity index (χ0) is 29.5. The first-order valence-corrected chi connectivity index (χ1v) is 18.1. The summed E-state index contributed by atoms with van der Waals surface area (Å²) in [6.45, 7) is 0. The molecule has 2 heterocycles. The van der Waals surface area contributed by atoms with E-state index in [1.807, 2.05) is 18.2 Å². The van der Waals surface area contributed by atoms with Gasteiger partial charge in [-0.15, -0.1) is 11.3 Å². The Hall–Kier alpha value is -0.164. The van der Waals surface area contributed by atoms with Crippen molar-refractivity contribution < 1.29 is 77.3 Å². The molecule has 15 heteroatoms. The Balaban J connectivity index is 0.00000405. The van der Waals surface area contributed by atoms with Crippen LogP contribution in [0.5, 0.6) is 0 Å². The molecule has 0 fully saturated rings. The number of hydrogen-bond acceptors (Lipinski definition) is 8. The Morgan fingerprint density at radius 2 is 1.69 bits per heavy atom. The van der Waals surface area contributed by atoms with Crippen LogP contribution in [-0.2, 0) is 26.0 Å². The number of hydrogen-bond donors (Lipinski definition) is 1. The summed E-state index contributed by atoms with van der Waals surface area (Å²) < 4.78 is 68.7. The fourth-order valence-electron chi connectivity index (χ4n) is 4.65. The summed E-state index contributed by atoms with van der Waals surface area (Å²) in [7, 11) is -8.85. The van der Waals surface area contributed by atoms with Crippen molar-refractivity contribution in [3.8, 4) is 0 Å². The Morgan fingerprint density at radius 1 is 0.976 bits per heavy atom. The van der Waals surface area contributed by atoms with Crippen LogP contribution >= 0.6 is 57.9 Å². The Kier molecular flexibility index (Phi) is 11.6. The molecule has 0 amide bonds. The van der Waals surface area contributed by atoms with Gasteiger partial charge in [0.15, 0.2) is 0 Å². The second kappa shape index (κ2) is 14.1. The molecule has 0 atom stereocenters. The van der Waals surface area contributed by atoms with Crippen molar-refractivity contribution in [1.82, 2.24) is 0 Å². The largest absolute Gasteiger partial charge is 1.00 e. The van der Waals surface area contributed by atoms with E-state index in [4.69, 9.17) is 34.8 Å². The molecule has 5 rings (SSSR count). The summed E-state index contributed by atoms with van der Waals surface area (Å²) in [4.78, 5) is 2.88. The van der Waals surface area contributed by atoms with Crippen molar-refractivity contribution in [2.24, 2.45) is 0 Å². The van der Waals surface area contributed by atoms with Gasteiger partial charge < -0.3 is 9.45 Å². The van der Waals surface area contributed by atoms with Crippen LogP contribution in [0.3, 0.4) is 0 Å². The summed E-state index contributed by atoms with van der Waals surface area (Å²) in [5.41, 5.74) is 2.70. The van der Waals surface area contributed by atoms with Gasteiger partial charge in [-0.1, -0.05) is 58.7 Å². The molecule has 42 heavy (non-hydrogen) atoms. The van der Waals surface area contributed by atoms with Crippen LogP contribution in [0.15, 0.2) is 80.7 Å². The molecule has 1 N–H and O–H groups in total. The number of benzene rings is 2. The second-order valence-corrected chi connectivity index (χ2v) is 15.6. The van der Waals surface area contributed by atoms with Gasteiger partial charge in [0, 0.05) is 29.6 Å². The van der Waals surface area contributed by atoms with Crippen LogP contribution in [0.1, 0.15) is 29.7 Å². The third-order valence-electron chi connectivity index (χ3n) is 6.41. The van der Waals surface area contributed by atoms with Gasteiger partial charge in [0.1, 0.15) is 21.7 Å². The van der Waals surface area contributed by atoms with E-state index in [0.717, 1.165) is 27.2 Å². The smallest absolute Gasteiger partial charge is 0.747 e. The maximum atomic E-state index is 11.7. The molecular weight excluding hydrogens is 708 g/mol. The maximum Gasteiger partial charge on any atom is 1.00 e. The van der Waals surface area contributed by atoms with Crippen LogP contribution in [0.2, 0.25) is 10.0 Å². The average molecular weight is 729 g/mol. The third-order valence-corrected chi connectivity index (χ3v) is 10.9. The van der Waals surface area contributed by atoms with Gasteiger partial charge in [-0.2, -0.15) is 8.42 Å². The van der Waals surface area contributed by atoms with E-state index in [1.54, 1.807) is 42.5 Å². The number of rotatable bonds is 7. The fraction of sp³-hybridized carbons (Fsp3) is 0.185. The summed E-state index contributed by atoms with van der Waals surface area (Å²) in [5.74, 6) is -1.27. The number of fused-ring (bicyclic) bond motifs is 2. The minimum atomic E-state index is -4.57. The molecule has 1 aliphatic heterocycles. The van der Waals surface area contributed by atoms with Crippen molar-refractivity contribution in [3.05, 3.63) is 96.3 Å². The topological polar surface area (TPSA) is 115 Å². The van der Waals surface area contributed by atoms with Crippen molar-refractivity contribution in [2.75, 3.05) is 10.8 Å². The predicted molar refractivity (Wildman–Crippen MR) is 168 cm³/mol. The van der Waals surface area contributed by atoms with Gasteiger partial charge >= 0.3 is 51.4 Å². The third kappa shape index (κ3) is 8.55. The van der Waals surface area contributed by atoms with E-state index in [0.29, 0.717) is 54.5 Å². The van der Waals surface area contributed by atoms with Gasteiger partial charge in [-0.25, -0.2) is 8.42 Å². The first-order valence-electron chi connectivity index (χ1n) is 12.1. The monoisotopic (exact) mass is 727 g/mol. The van der Waals surface area contributed by atoms with Gasteiger partial charge in [0.05, 0.1) is 10.7 Å². The zero-order valence-corrected chi connectivity index (χ0v) is 30.7. The Labute approximate surface area is 310 Å². The van der Waals surface area contributed by atoms with E-state index in [-0.39, 0.29) is 51.4 Å². The van der Waals surface area contributed by atoms with Crippen LogP contribution in [0, 0.1) is 0 Å². The van der Waals surface area contributed by atoms with E-state index in [1.165, 1.54) is 28.0 Å². The van der Waals surface area contributed by atoms with Crippen LogP contribution in [-0.4, -0.2) is 31.8 Å². The van der Waals surface area contributed by atoms with Crippen molar-refractivity contribution >= 4 is 100.0 Å². The minimum Gasteiger partial charge on any atom is -0.747 e. The molecule has 0 unspecified atom stereocenters. The van der Waals surface area contributed by atoms with Crippen molar-refractivity contribution in [2.45, 2.75) is 29.9 Å². The molecule has 0 saturated carbocycles. The molecule has 1 aromatic heterocycles. The zero-order valence-electron chi connectivity index (χ0n) is 22.0. The van der Waals surface area contributed by atoms with Crippen LogP contribution in [0.4, 0.5) is 5.69 Å². The van der Waals surface area contributed by atoms with E-state index in [2.05, 4.69) is 0 Å². The first-order chi connectivity index (χ1) is 19.3. The molecule has 3 aromatic rings. The molecule has 0 saturated heterocycles. The molecule has 216 valence electrons. The Bertz CT molecular complexity index is 1900. The number of anilines is 1. The summed E-state index contributed by atoms with van der Waals surface area (Å²) in [6.07, 6.45) is 9.42. The normalized spacial score (nSPS) is 18.0. The molecule has 2 aromatic carbocycles. The number of allylic oxidation sites excluding steroid dienone is 6. The fourth-order valence-corrected chi connectivity index (χ4v) is 8.90. The van der Waals surface area contributed by atoms with Gasteiger partial charge in [-0.05, 0) is 89.9 Å². The molecule has 0 bridgehead atoms. The van der Waals surface area contributed by atoms with E-state index in [9.17, 15) is 25.9 Å². The SMILES string of the molecule is O=S(=O)([O-])CN1C(=C/C=C2\CCCC(C=Cc3sc4ccc(Cl)cc4c3CS(=O)(=O)O)=C2Cl)Sc2ccc(Cl)cc21.[K+]. The summed E-state index contributed by atoms with van der Waals surface area (Å²) in [6, 6.07) is 10.3. The van der Waals surface area contributed by atoms with Crippen molar-refractivity contribution in [3.63, 3.8) is 0 Å². The Morgan fingerprint density at radius 3 is 2.40 bits per heavy atom. The molecule has 7 nitrogen and oxygen atoms in total. The first kappa shape index (κ1) is 34.7. The number of thiophene rings is 1. The van der Waals surface area contributed by atoms with Crippen LogP contribution < -0.4 is 56.3 Å². The summed E-state index contributed by atoms with van der Waals surface area (Å²) >= 11 is 21.8. The molecule has 2 aliphatic rings. The number of nitrogens with zero attached hydrogens (tertiary/aromatic N) is 1. The van der Waals surface area contributed by atoms with Gasteiger partial charge in [0.2, 0.25) is 0 Å². The van der Waals surface area contributed by atoms with E-state index >= 15 is 0 Å².